The number of carbonyl (C=O) groups excluding carboxylic acids is 1. The molecule has 4 nitrogen and oxygen atoms in total. The SMILES string of the molecule is CCOC(=O)c1ccc(N=NC(=C2SCCS2)c2ccccc2)cc1. The van der Waals surface area contributed by atoms with Gasteiger partial charge in [0.15, 0.2) is 0 Å². The molecule has 25 heavy (non-hydrogen) atoms. The Hall–Kier alpha value is -2.05. The number of thioether (sulfide) groups is 2. The van der Waals surface area contributed by atoms with Crippen molar-refractivity contribution in [1.82, 2.24) is 0 Å². The maximum Gasteiger partial charge on any atom is 0.338 e. The van der Waals surface area contributed by atoms with Crippen LogP contribution in [-0.4, -0.2) is 24.1 Å². The van der Waals surface area contributed by atoms with E-state index < -0.39 is 0 Å². The summed E-state index contributed by atoms with van der Waals surface area (Å²) in [6.45, 7) is 2.15. The minimum absolute atomic E-state index is 0.322. The lowest BCUT2D eigenvalue weighted by molar-refractivity contribution is 0.0526. The first-order valence-corrected chi connectivity index (χ1v) is 9.99. The Bertz CT molecular complexity index is 779. The molecule has 0 bridgehead atoms. The molecule has 6 heteroatoms. The van der Waals surface area contributed by atoms with Crippen molar-refractivity contribution in [3.63, 3.8) is 0 Å². The summed E-state index contributed by atoms with van der Waals surface area (Å²) in [5.41, 5.74) is 3.19. The number of benzene rings is 2. The van der Waals surface area contributed by atoms with E-state index in [0.29, 0.717) is 17.9 Å². The Morgan fingerprint density at radius 3 is 2.32 bits per heavy atom. The fourth-order valence-electron chi connectivity index (χ4n) is 2.25. The summed E-state index contributed by atoms with van der Waals surface area (Å²) in [5, 5.41) is 8.87. The first-order chi connectivity index (χ1) is 12.3. The number of hydrogen-bond donors (Lipinski definition) is 0. The van der Waals surface area contributed by atoms with E-state index in [4.69, 9.17) is 4.74 Å². The zero-order valence-electron chi connectivity index (χ0n) is 13.8. The van der Waals surface area contributed by atoms with E-state index in [9.17, 15) is 4.79 Å². The van der Waals surface area contributed by atoms with Gasteiger partial charge in [0.05, 0.1) is 22.1 Å². The number of nitrogens with zero attached hydrogens (tertiary/aromatic N) is 2. The van der Waals surface area contributed by atoms with Gasteiger partial charge in [-0.2, -0.15) is 5.11 Å². The van der Waals surface area contributed by atoms with Crippen LogP contribution in [0, 0.1) is 0 Å². The molecule has 1 fully saturated rings. The van der Waals surface area contributed by atoms with Crippen molar-refractivity contribution in [3.8, 4) is 0 Å². The predicted octanol–water partition coefficient (Wildman–Crippen LogP) is 5.75. The van der Waals surface area contributed by atoms with Crippen LogP contribution in [-0.2, 0) is 4.74 Å². The van der Waals surface area contributed by atoms with E-state index >= 15 is 0 Å². The molecule has 0 saturated carbocycles. The van der Waals surface area contributed by atoms with Crippen LogP contribution in [0.2, 0.25) is 0 Å². The van der Waals surface area contributed by atoms with Crippen molar-refractivity contribution >= 4 is 40.9 Å². The van der Waals surface area contributed by atoms with Gasteiger partial charge in [-0.1, -0.05) is 30.3 Å². The van der Waals surface area contributed by atoms with Crippen LogP contribution in [0.3, 0.4) is 0 Å². The van der Waals surface area contributed by atoms with E-state index in [0.717, 1.165) is 22.8 Å². The first-order valence-electron chi connectivity index (χ1n) is 8.02. The summed E-state index contributed by atoms with van der Waals surface area (Å²) in [5.74, 6) is 1.87. The lowest BCUT2D eigenvalue weighted by atomic mass is 10.2. The third kappa shape index (κ3) is 4.74. The van der Waals surface area contributed by atoms with E-state index in [1.807, 2.05) is 53.9 Å². The molecule has 0 N–H and O–H groups in total. The van der Waals surface area contributed by atoms with E-state index in [1.165, 1.54) is 4.24 Å². The van der Waals surface area contributed by atoms with Crippen molar-refractivity contribution in [2.24, 2.45) is 10.2 Å². The normalized spacial score (nSPS) is 14.0. The summed E-state index contributed by atoms with van der Waals surface area (Å²) in [4.78, 5) is 11.7. The van der Waals surface area contributed by atoms with Gasteiger partial charge in [-0.05, 0) is 31.2 Å². The fraction of sp³-hybridized carbons (Fsp3) is 0.211. The molecule has 1 aliphatic rings. The van der Waals surface area contributed by atoms with E-state index in [2.05, 4.69) is 10.2 Å². The van der Waals surface area contributed by atoms with E-state index in [1.54, 1.807) is 31.2 Å². The summed E-state index contributed by atoms with van der Waals surface area (Å²) in [6.07, 6.45) is 0. The van der Waals surface area contributed by atoms with Crippen molar-refractivity contribution in [2.75, 3.05) is 18.1 Å². The van der Waals surface area contributed by atoms with Crippen LogP contribution in [0.25, 0.3) is 5.70 Å². The summed E-state index contributed by atoms with van der Waals surface area (Å²) in [7, 11) is 0. The standard InChI is InChI=1S/C19H18N2O2S2/c1-2-23-18(22)15-8-10-16(11-9-15)20-21-17(19-24-12-13-25-19)14-6-4-3-5-7-14/h3-11H,2,12-13H2,1H3. The first kappa shape index (κ1) is 17.8. The number of hydrogen-bond acceptors (Lipinski definition) is 6. The van der Waals surface area contributed by atoms with Crippen molar-refractivity contribution < 1.29 is 9.53 Å². The molecule has 1 saturated heterocycles. The maximum absolute atomic E-state index is 11.7. The molecule has 0 aromatic heterocycles. The highest BCUT2D eigenvalue weighted by molar-refractivity contribution is 8.25. The highest BCUT2D eigenvalue weighted by atomic mass is 32.2. The van der Waals surface area contributed by atoms with Gasteiger partial charge in [0.2, 0.25) is 0 Å². The number of carbonyl (C=O) groups is 1. The van der Waals surface area contributed by atoms with Crippen LogP contribution in [0.15, 0.2) is 69.1 Å². The average Bonchev–Trinajstić information content (AvgIpc) is 3.18. The Morgan fingerprint density at radius 2 is 1.68 bits per heavy atom. The molecule has 3 rings (SSSR count). The lowest BCUT2D eigenvalue weighted by Gasteiger charge is -2.05. The molecule has 2 aromatic carbocycles. The minimum Gasteiger partial charge on any atom is -0.462 e. The molecule has 0 spiro atoms. The Balaban J connectivity index is 1.83. The fourth-order valence-corrected chi connectivity index (χ4v) is 4.71. The van der Waals surface area contributed by atoms with Crippen molar-refractivity contribution in [2.45, 2.75) is 6.92 Å². The number of ether oxygens (including phenoxy) is 1. The molecule has 0 unspecified atom stereocenters. The Labute approximate surface area is 155 Å². The monoisotopic (exact) mass is 370 g/mol. The smallest absolute Gasteiger partial charge is 0.338 e. The van der Waals surface area contributed by atoms with Gasteiger partial charge < -0.3 is 4.74 Å². The summed E-state index contributed by atoms with van der Waals surface area (Å²) in [6, 6.07) is 17.1. The lowest BCUT2D eigenvalue weighted by Crippen LogP contribution is -2.03. The molecular formula is C19H18N2O2S2. The molecule has 0 aliphatic carbocycles. The van der Waals surface area contributed by atoms with Gasteiger partial charge in [-0.3, -0.25) is 0 Å². The Morgan fingerprint density at radius 1 is 1.00 bits per heavy atom. The van der Waals surface area contributed by atoms with Crippen molar-refractivity contribution in [1.29, 1.82) is 0 Å². The highest BCUT2D eigenvalue weighted by Gasteiger charge is 2.15. The highest BCUT2D eigenvalue weighted by Crippen LogP contribution is 2.42. The van der Waals surface area contributed by atoms with Gasteiger partial charge in [-0.25, -0.2) is 4.79 Å². The quantitative estimate of drug-likeness (QED) is 0.496. The minimum atomic E-state index is -0.322. The second-order valence-corrected chi connectivity index (χ2v) is 7.64. The molecule has 0 radical (unpaired) electrons. The third-order valence-corrected chi connectivity index (χ3v) is 6.13. The van der Waals surface area contributed by atoms with Crippen LogP contribution >= 0.6 is 23.5 Å². The molecule has 0 amide bonds. The topological polar surface area (TPSA) is 51.0 Å². The predicted molar refractivity (Wildman–Crippen MR) is 105 cm³/mol. The second kappa shape index (κ2) is 8.87. The van der Waals surface area contributed by atoms with Crippen molar-refractivity contribution in [3.05, 3.63) is 70.0 Å². The second-order valence-electron chi connectivity index (χ2n) is 5.17. The molecule has 0 atom stereocenters. The molecule has 1 aliphatic heterocycles. The Kier molecular flexibility index (Phi) is 6.30. The zero-order chi connectivity index (χ0) is 17.5. The number of esters is 1. The average molecular weight is 370 g/mol. The number of rotatable bonds is 5. The molecule has 2 aromatic rings. The molecule has 128 valence electrons. The van der Waals surface area contributed by atoms with Gasteiger partial charge >= 0.3 is 5.97 Å². The van der Waals surface area contributed by atoms with Crippen LogP contribution in [0.1, 0.15) is 22.8 Å². The third-order valence-electron chi connectivity index (χ3n) is 3.43. The van der Waals surface area contributed by atoms with E-state index in [-0.39, 0.29) is 5.97 Å². The van der Waals surface area contributed by atoms with Gasteiger partial charge in [-0.15, -0.1) is 28.6 Å². The van der Waals surface area contributed by atoms with Crippen LogP contribution < -0.4 is 0 Å². The molecule has 1 heterocycles. The largest absolute Gasteiger partial charge is 0.462 e. The van der Waals surface area contributed by atoms with Gasteiger partial charge in [0.25, 0.3) is 0 Å². The van der Waals surface area contributed by atoms with Gasteiger partial charge in [0.1, 0.15) is 5.70 Å². The van der Waals surface area contributed by atoms with Gasteiger partial charge in [0, 0.05) is 17.1 Å². The molecular weight excluding hydrogens is 352 g/mol. The van der Waals surface area contributed by atoms with Crippen LogP contribution in [0.4, 0.5) is 5.69 Å². The van der Waals surface area contributed by atoms with Crippen LogP contribution in [0.5, 0.6) is 0 Å². The summed E-state index contributed by atoms with van der Waals surface area (Å²) >= 11 is 3.64. The zero-order valence-corrected chi connectivity index (χ0v) is 15.5. The number of azo groups is 1. The summed E-state index contributed by atoms with van der Waals surface area (Å²) < 4.78 is 6.19. The maximum atomic E-state index is 11.7.